The van der Waals surface area contributed by atoms with Gasteiger partial charge in [0.15, 0.2) is 11.4 Å². The Morgan fingerprint density at radius 3 is 2.70 bits per heavy atom. The van der Waals surface area contributed by atoms with Crippen LogP contribution in [0.15, 0.2) is 23.2 Å². The molecule has 0 aliphatic rings. The molecule has 0 atom stereocenters. The van der Waals surface area contributed by atoms with E-state index in [0.29, 0.717) is 10.9 Å². The Hall–Kier alpha value is -2.00. The highest BCUT2D eigenvalue weighted by molar-refractivity contribution is 8.13. The standard InChI is InChI=1S/C14H18N4OS/c1-9(2)13(19)18-12-7-11(6-5-10(12)3)17-14(20-4)16-8-15/h5-7,9H,1-4H3,(H,16,17)(H,18,19). The van der Waals surface area contributed by atoms with Crippen molar-refractivity contribution in [3.63, 3.8) is 0 Å². The van der Waals surface area contributed by atoms with Crippen molar-refractivity contribution < 1.29 is 4.79 Å². The average molecular weight is 290 g/mol. The highest BCUT2D eigenvalue weighted by Gasteiger charge is 2.09. The van der Waals surface area contributed by atoms with Gasteiger partial charge in [-0.15, -0.1) is 0 Å². The van der Waals surface area contributed by atoms with E-state index in [2.05, 4.69) is 15.6 Å². The van der Waals surface area contributed by atoms with E-state index in [1.807, 2.05) is 45.4 Å². The third kappa shape index (κ3) is 4.59. The van der Waals surface area contributed by atoms with E-state index in [9.17, 15) is 4.79 Å². The van der Waals surface area contributed by atoms with Crippen molar-refractivity contribution in [2.45, 2.75) is 20.8 Å². The lowest BCUT2D eigenvalue weighted by atomic mass is 10.1. The number of amidine groups is 1. The van der Waals surface area contributed by atoms with E-state index in [-0.39, 0.29) is 11.8 Å². The maximum atomic E-state index is 11.8. The molecule has 0 radical (unpaired) electrons. The molecule has 106 valence electrons. The summed E-state index contributed by atoms with van der Waals surface area (Å²) in [6.45, 7) is 5.61. The molecule has 0 spiro atoms. The van der Waals surface area contributed by atoms with Crippen LogP contribution in [0.3, 0.4) is 0 Å². The summed E-state index contributed by atoms with van der Waals surface area (Å²) in [7, 11) is 0. The first kappa shape index (κ1) is 16.1. The number of hydrogen-bond acceptors (Lipinski definition) is 4. The molecular weight excluding hydrogens is 272 g/mol. The Balaban J connectivity index is 3.02. The normalized spacial score (nSPS) is 11.1. The molecule has 0 bridgehead atoms. The van der Waals surface area contributed by atoms with Crippen LogP contribution in [-0.2, 0) is 4.79 Å². The van der Waals surface area contributed by atoms with Crippen molar-refractivity contribution in [2.75, 3.05) is 11.6 Å². The Morgan fingerprint density at radius 1 is 1.45 bits per heavy atom. The van der Waals surface area contributed by atoms with Crippen LogP contribution in [0.2, 0.25) is 0 Å². The summed E-state index contributed by atoms with van der Waals surface area (Å²) in [5.41, 5.74) is 2.39. The van der Waals surface area contributed by atoms with Crippen molar-refractivity contribution in [2.24, 2.45) is 10.9 Å². The van der Waals surface area contributed by atoms with Gasteiger partial charge in [-0.25, -0.2) is 4.99 Å². The lowest BCUT2D eigenvalue weighted by Crippen LogP contribution is -2.18. The van der Waals surface area contributed by atoms with Gasteiger partial charge in [0, 0.05) is 11.6 Å². The highest BCUT2D eigenvalue weighted by atomic mass is 32.2. The van der Waals surface area contributed by atoms with Gasteiger partial charge in [0.2, 0.25) is 5.91 Å². The molecule has 2 N–H and O–H groups in total. The number of aliphatic imine (C=N–C) groups is 1. The Labute approximate surface area is 123 Å². The average Bonchev–Trinajstić information content (AvgIpc) is 2.41. The van der Waals surface area contributed by atoms with Crippen LogP contribution in [-0.4, -0.2) is 17.3 Å². The van der Waals surface area contributed by atoms with E-state index in [0.717, 1.165) is 11.3 Å². The zero-order valence-electron chi connectivity index (χ0n) is 12.0. The van der Waals surface area contributed by atoms with Crippen LogP contribution in [0, 0.1) is 24.3 Å². The van der Waals surface area contributed by atoms with Gasteiger partial charge in [-0.3, -0.25) is 10.1 Å². The second kappa shape index (κ2) is 7.56. The van der Waals surface area contributed by atoms with Crippen molar-refractivity contribution in [1.82, 2.24) is 5.32 Å². The molecule has 0 heterocycles. The Kier molecular flexibility index (Phi) is 6.07. The van der Waals surface area contributed by atoms with Gasteiger partial charge >= 0.3 is 0 Å². The van der Waals surface area contributed by atoms with Crippen molar-refractivity contribution in [3.05, 3.63) is 23.8 Å². The maximum Gasteiger partial charge on any atom is 0.226 e. The molecule has 0 saturated carbocycles. The van der Waals surface area contributed by atoms with Gasteiger partial charge in [0.05, 0.1) is 5.69 Å². The second-order valence-corrected chi connectivity index (χ2v) is 5.30. The first-order valence-corrected chi connectivity index (χ1v) is 7.39. The van der Waals surface area contributed by atoms with Crippen LogP contribution in [0.5, 0.6) is 0 Å². The summed E-state index contributed by atoms with van der Waals surface area (Å²) < 4.78 is 0. The molecule has 1 aromatic carbocycles. The summed E-state index contributed by atoms with van der Waals surface area (Å²) in [5.74, 6) is -0.113. The van der Waals surface area contributed by atoms with E-state index >= 15 is 0 Å². The monoisotopic (exact) mass is 290 g/mol. The molecule has 0 unspecified atom stereocenters. The number of nitrogens with zero attached hydrogens (tertiary/aromatic N) is 2. The zero-order chi connectivity index (χ0) is 15.1. The molecule has 0 saturated heterocycles. The van der Waals surface area contributed by atoms with E-state index in [4.69, 9.17) is 5.26 Å². The van der Waals surface area contributed by atoms with Crippen molar-refractivity contribution in [3.8, 4) is 6.19 Å². The molecular formula is C14H18N4OS. The first-order valence-electron chi connectivity index (χ1n) is 6.17. The minimum Gasteiger partial charge on any atom is -0.326 e. The van der Waals surface area contributed by atoms with Gasteiger partial charge in [0.25, 0.3) is 0 Å². The number of nitriles is 1. The smallest absolute Gasteiger partial charge is 0.226 e. The lowest BCUT2D eigenvalue weighted by molar-refractivity contribution is -0.118. The molecule has 6 heteroatoms. The second-order valence-electron chi connectivity index (χ2n) is 4.50. The number of thioether (sulfide) groups is 1. The molecule has 0 aliphatic heterocycles. The number of amides is 1. The van der Waals surface area contributed by atoms with Crippen molar-refractivity contribution in [1.29, 1.82) is 5.26 Å². The maximum absolute atomic E-state index is 11.8. The fraction of sp³-hybridized carbons (Fsp3) is 0.357. The molecule has 1 rings (SSSR count). The number of aryl methyl sites for hydroxylation is 1. The number of anilines is 1. The van der Waals surface area contributed by atoms with E-state index in [1.54, 1.807) is 6.07 Å². The predicted octanol–water partition coefficient (Wildman–Crippen LogP) is 3.01. The fourth-order valence-corrected chi connectivity index (χ4v) is 1.73. The lowest BCUT2D eigenvalue weighted by Gasteiger charge is -2.11. The largest absolute Gasteiger partial charge is 0.326 e. The quantitative estimate of drug-likeness (QED) is 0.388. The molecule has 20 heavy (non-hydrogen) atoms. The van der Waals surface area contributed by atoms with Gasteiger partial charge in [-0.2, -0.15) is 5.26 Å². The molecule has 5 nitrogen and oxygen atoms in total. The van der Waals surface area contributed by atoms with Gasteiger partial charge in [-0.1, -0.05) is 31.7 Å². The highest BCUT2D eigenvalue weighted by Crippen LogP contribution is 2.23. The fourth-order valence-electron chi connectivity index (χ4n) is 1.38. The SMILES string of the molecule is CSC(=Nc1ccc(C)c(NC(=O)C(C)C)c1)NC#N. The molecule has 0 aromatic heterocycles. The summed E-state index contributed by atoms with van der Waals surface area (Å²) >= 11 is 1.35. The molecule has 0 aliphatic carbocycles. The molecule has 1 amide bonds. The van der Waals surface area contributed by atoms with Gasteiger partial charge in [-0.05, 0) is 30.9 Å². The minimum atomic E-state index is -0.0800. The summed E-state index contributed by atoms with van der Waals surface area (Å²) in [4.78, 5) is 16.1. The topological polar surface area (TPSA) is 77.3 Å². The predicted molar refractivity (Wildman–Crippen MR) is 84.0 cm³/mol. The van der Waals surface area contributed by atoms with Crippen LogP contribution < -0.4 is 10.6 Å². The number of carbonyl (C=O) groups excluding carboxylic acids is 1. The van der Waals surface area contributed by atoms with Gasteiger partial charge in [0.1, 0.15) is 0 Å². The third-order valence-electron chi connectivity index (χ3n) is 2.59. The van der Waals surface area contributed by atoms with Crippen LogP contribution in [0.1, 0.15) is 19.4 Å². The summed E-state index contributed by atoms with van der Waals surface area (Å²) in [6, 6.07) is 5.53. The first-order chi connectivity index (χ1) is 9.47. The van der Waals surface area contributed by atoms with Crippen LogP contribution in [0.4, 0.5) is 11.4 Å². The number of carbonyl (C=O) groups is 1. The van der Waals surface area contributed by atoms with Crippen molar-refractivity contribution >= 4 is 34.2 Å². The Bertz CT molecular complexity index is 561. The van der Waals surface area contributed by atoms with Crippen LogP contribution in [0.25, 0.3) is 0 Å². The van der Waals surface area contributed by atoms with Gasteiger partial charge < -0.3 is 5.32 Å². The Morgan fingerprint density at radius 2 is 2.15 bits per heavy atom. The third-order valence-corrected chi connectivity index (χ3v) is 3.17. The number of benzene rings is 1. The number of hydrogen-bond donors (Lipinski definition) is 2. The summed E-state index contributed by atoms with van der Waals surface area (Å²) in [6.07, 6.45) is 3.67. The van der Waals surface area contributed by atoms with E-state index in [1.165, 1.54) is 11.8 Å². The number of rotatable bonds is 3. The molecule has 1 aromatic rings. The number of nitrogens with one attached hydrogen (secondary N) is 2. The minimum absolute atomic E-state index is 0.0329. The molecule has 0 fully saturated rings. The van der Waals surface area contributed by atoms with Crippen LogP contribution >= 0.6 is 11.8 Å². The zero-order valence-corrected chi connectivity index (χ0v) is 12.8. The van der Waals surface area contributed by atoms with E-state index < -0.39 is 0 Å². The summed E-state index contributed by atoms with van der Waals surface area (Å²) in [5, 5.41) is 14.5.